The Morgan fingerprint density at radius 1 is 1.45 bits per heavy atom. The van der Waals surface area contributed by atoms with Crippen LogP contribution in [0.15, 0.2) is 18.2 Å². The van der Waals surface area contributed by atoms with Crippen molar-refractivity contribution in [1.29, 1.82) is 5.41 Å². The first-order valence-electron chi connectivity index (χ1n) is 3.32. The third-order valence-corrected chi connectivity index (χ3v) is 1.54. The van der Waals surface area contributed by atoms with Crippen molar-refractivity contribution in [2.45, 2.75) is 6.92 Å². The molecule has 0 fully saturated rings. The molecule has 0 heterocycles. The van der Waals surface area contributed by atoms with Gasteiger partial charge >= 0.3 is 0 Å². The van der Waals surface area contributed by atoms with Gasteiger partial charge in [-0.25, -0.2) is 0 Å². The average molecular weight is 149 g/mol. The van der Waals surface area contributed by atoms with Crippen molar-refractivity contribution in [1.82, 2.24) is 0 Å². The van der Waals surface area contributed by atoms with E-state index in [1.165, 1.54) is 0 Å². The molecule has 1 rings (SSSR count). The number of nitrogens with one attached hydrogen (secondary N) is 1. The zero-order valence-corrected chi connectivity index (χ0v) is 6.39. The lowest BCUT2D eigenvalue weighted by atomic mass is 10.1. The number of rotatable bonds is 1. The molecule has 0 aliphatic heterocycles. The summed E-state index contributed by atoms with van der Waals surface area (Å²) in [6.45, 7) is 1.88. The Hall–Kier alpha value is -1.51. The van der Waals surface area contributed by atoms with Crippen molar-refractivity contribution >= 4 is 11.5 Å². The van der Waals surface area contributed by atoms with E-state index in [2.05, 4.69) is 0 Å². The molecule has 0 spiro atoms. The van der Waals surface area contributed by atoms with Crippen molar-refractivity contribution < 1.29 is 0 Å². The van der Waals surface area contributed by atoms with E-state index in [9.17, 15) is 0 Å². The van der Waals surface area contributed by atoms with Crippen LogP contribution in [0.4, 0.5) is 5.69 Å². The van der Waals surface area contributed by atoms with Gasteiger partial charge in [-0.3, -0.25) is 5.41 Å². The summed E-state index contributed by atoms with van der Waals surface area (Å²) < 4.78 is 0. The van der Waals surface area contributed by atoms with Gasteiger partial charge in [-0.15, -0.1) is 0 Å². The molecule has 0 radical (unpaired) electrons. The van der Waals surface area contributed by atoms with Crippen LogP contribution in [0.2, 0.25) is 0 Å². The number of hydrogen-bond acceptors (Lipinski definition) is 2. The van der Waals surface area contributed by atoms with Crippen LogP contribution in [0.1, 0.15) is 11.1 Å². The highest BCUT2D eigenvalue weighted by Gasteiger charge is 1.99. The Morgan fingerprint density at radius 3 is 2.55 bits per heavy atom. The van der Waals surface area contributed by atoms with Crippen LogP contribution in [-0.2, 0) is 0 Å². The van der Waals surface area contributed by atoms with Crippen LogP contribution >= 0.6 is 0 Å². The van der Waals surface area contributed by atoms with Crippen LogP contribution in [0.3, 0.4) is 0 Å². The van der Waals surface area contributed by atoms with Gasteiger partial charge in [0.25, 0.3) is 0 Å². The summed E-state index contributed by atoms with van der Waals surface area (Å²) in [6, 6.07) is 5.30. The molecular formula is C8H11N3. The van der Waals surface area contributed by atoms with Crippen LogP contribution < -0.4 is 11.5 Å². The molecule has 0 unspecified atom stereocenters. The molecule has 0 aliphatic rings. The second-order valence-corrected chi connectivity index (χ2v) is 2.49. The monoisotopic (exact) mass is 149 g/mol. The Balaban J connectivity index is 3.20. The topological polar surface area (TPSA) is 75.9 Å². The van der Waals surface area contributed by atoms with E-state index < -0.39 is 0 Å². The molecule has 0 saturated heterocycles. The summed E-state index contributed by atoms with van der Waals surface area (Å²) in [4.78, 5) is 0. The number of aryl methyl sites for hydroxylation is 1. The third kappa shape index (κ3) is 1.49. The third-order valence-electron chi connectivity index (χ3n) is 1.54. The molecule has 0 bridgehead atoms. The second kappa shape index (κ2) is 2.62. The Bertz CT molecular complexity index is 291. The molecule has 3 heteroatoms. The van der Waals surface area contributed by atoms with Gasteiger partial charge in [-0.1, -0.05) is 0 Å². The summed E-state index contributed by atoms with van der Waals surface area (Å²) in [5.41, 5.74) is 13.2. The SMILES string of the molecule is Cc1cc(N)ccc1C(=N)N. The molecule has 3 nitrogen and oxygen atoms in total. The number of anilines is 1. The minimum absolute atomic E-state index is 0.0856. The smallest absolute Gasteiger partial charge is 0.123 e. The largest absolute Gasteiger partial charge is 0.399 e. The first kappa shape index (κ1) is 7.60. The minimum atomic E-state index is 0.0856. The van der Waals surface area contributed by atoms with Crippen LogP contribution in [0.5, 0.6) is 0 Å². The van der Waals surface area contributed by atoms with Gasteiger partial charge in [-0.05, 0) is 30.7 Å². The van der Waals surface area contributed by atoms with E-state index in [1.54, 1.807) is 18.2 Å². The molecule has 1 aromatic rings. The fourth-order valence-electron chi connectivity index (χ4n) is 0.989. The highest BCUT2D eigenvalue weighted by atomic mass is 14.7. The van der Waals surface area contributed by atoms with Gasteiger partial charge in [0.15, 0.2) is 0 Å². The maximum atomic E-state index is 7.18. The molecule has 5 N–H and O–H groups in total. The second-order valence-electron chi connectivity index (χ2n) is 2.49. The summed E-state index contributed by atoms with van der Waals surface area (Å²) in [5, 5.41) is 7.18. The predicted octanol–water partition coefficient (Wildman–Crippen LogP) is 0.861. The lowest BCUT2D eigenvalue weighted by Gasteiger charge is -2.03. The Morgan fingerprint density at radius 2 is 2.09 bits per heavy atom. The average Bonchev–Trinajstić information content (AvgIpc) is 1.85. The van der Waals surface area contributed by atoms with Gasteiger partial charge in [0.1, 0.15) is 5.84 Å². The van der Waals surface area contributed by atoms with Crippen LogP contribution in [-0.4, -0.2) is 5.84 Å². The highest BCUT2D eigenvalue weighted by molar-refractivity contribution is 5.96. The highest BCUT2D eigenvalue weighted by Crippen LogP contribution is 2.11. The molecular weight excluding hydrogens is 138 g/mol. The molecule has 0 saturated carbocycles. The molecule has 0 atom stereocenters. The van der Waals surface area contributed by atoms with Crippen molar-refractivity contribution in [3.05, 3.63) is 29.3 Å². The van der Waals surface area contributed by atoms with E-state index in [0.29, 0.717) is 5.69 Å². The Kier molecular flexibility index (Phi) is 1.81. The van der Waals surface area contributed by atoms with Gasteiger partial charge in [-0.2, -0.15) is 0 Å². The minimum Gasteiger partial charge on any atom is -0.399 e. The number of amidine groups is 1. The van der Waals surface area contributed by atoms with Gasteiger partial charge in [0.2, 0.25) is 0 Å². The van der Waals surface area contributed by atoms with Crippen molar-refractivity contribution in [3.8, 4) is 0 Å². The van der Waals surface area contributed by atoms with Crippen LogP contribution in [0.25, 0.3) is 0 Å². The molecule has 0 amide bonds. The standard InChI is InChI=1S/C8H11N3/c1-5-4-6(9)2-3-7(5)8(10)11/h2-4H,9H2,1H3,(H3,10,11). The molecule has 0 aliphatic carbocycles. The van der Waals surface area contributed by atoms with Crippen molar-refractivity contribution in [2.75, 3.05) is 5.73 Å². The maximum absolute atomic E-state index is 7.18. The summed E-state index contributed by atoms with van der Waals surface area (Å²) >= 11 is 0. The van der Waals surface area contributed by atoms with Crippen molar-refractivity contribution in [3.63, 3.8) is 0 Å². The summed E-state index contributed by atoms with van der Waals surface area (Å²) in [7, 11) is 0. The number of nitrogens with two attached hydrogens (primary N) is 2. The molecule has 58 valence electrons. The predicted molar refractivity (Wildman–Crippen MR) is 46.6 cm³/mol. The van der Waals surface area contributed by atoms with E-state index in [0.717, 1.165) is 11.1 Å². The number of hydrogen-bond donors (Lipinski definition) is 3. The Labute approximate surface area is 65.5 Å². The van der Waals surface area contributed by atoms with Gasteiger partial charge in [0.05, 0.1) is 0 Å². The van der Waals surface area contributed by atoms with Gasteiger partial charge < -0.3 is 11.5 Å². The fraction of sp³-hybridized carbons (Fsp3) is 0.125. The summed E-state index contributed by atoms with van der Waals surface area (Å²) in [6.07, 6.45) is 0. The molecule has 0 aromatic heterocycles. The number of benzene rings is 1. The van der Waals surface area contributed by atoms with Crippen molar-refractivity contribution in [2.24, 2.45) is 5.73 Å². The maximum Gasteiger partial charge on any atom is 0.123 e. The van der Waals surface area contributed by atoms with E-state index >= 15 is 0 Å². The van der Waals surface area contributed by atoms with E-state index in [-0.39, 0.29) is 5.84 Å². The zero-order valence-electron chi connectivity index (χ0n) is 6.39. The first-order chi connectivity index (χ1) is 5.11. The lowest BCUT2D eigenvalue weighted by molar-refractivity contribution is 1.37. The normalized spacial score (nSPS) is 9.55. The summed E-state index contributed by atoms with van der Waals surface area (Å²) in [5.74, 6) is 0.0856. The quantitative estimate of drug-likeness (QED) is 0.314. The molecule has 11 heavy (non-hydrogen) atoms. The van der Waals surface area contributed by atoms with Crippen LogP contribution in [0, 0.1) is 12.3 Å². The zero-order chi connectivity index (χ0) is 8.43. The van der Waals surface area contributed by atoms with E-state index in [4.69, 9.17) is 16.9 Å². The lowest BCUT2D eigenvalue weighted by Crippen LogP contribution is -2.12. The number of nitrogen functional groups attached to an aromatic ring is 2. The first-order valence-corrected chi connectivity index (χ1v) is 3.32. The molecule has 1 aromatic carbocycles. The van der Waals surface area contributed by atoms with Gasteiger partial charge in [0, 0.05) is 11.3 Å². The fourth-order valence-corrected chi connectivity index (χ4v) is 0.989. The van der Waals surface area contributed by atoms with E-state index in [1.807, 2.05) is 6.92 Å².